The molecule has 0 aromatic heterocycles. The molecule has 2 rings (SSSR count). The molecule has 4 nitrogen and oxygen atoms in total. The van der Waals surface area contributed by atoms with Gasteiger partial charge in [0.05, 0.1) is 13.0 Å². The van der Waals surface area contributed by atoms with Crippen molar-refractivity contribution < 1.29 is 9.53 Å². The van der Waals surface area contributed by atoms with Gasteiger partial charge in [0, 0.05) is 25.7 Å². The monoisotopic (exact) mass is 312 g/mol. The molecule has 5 heteroatoms. The number of carbonyl (C=O) groups excluding carboxylic acids is 1. The zero-order valence-electron chi connectivity index (χ0n) is 13.0. The zero-order chi connectivity index (χ0) is 14.5. The summed E-state index contributed by atoms with van der Waals surface area (Å²) in [6, 6.07) is 6.28. The Morgan fingerprint density at radius 3 is 2.90 bits per heavy atom. The van der Waals surface area contributed by atoms with Gasteiger partial charge in [0.25, 0.3) is 0 Å². The van der Waals surface area contributed by atoms with E-state index in [4.69, 9.17) is 4.74 Å². The molecule has 0 saturated carbocycles. The van der Waals surface area contributed by atoms with Gasteiger partial charge in [-0.05, 0) is 38.0 Å². The fourth-order valence-electron chi connectivity index (χ4n) is 2.48. The summed E-state index contributed by atoms with van der Waals surface area (Å²) < 4.78 is 5.75. The van der Waals surface area contributed by atoms with Gasteiger partial charge in [-0.15, -0.1) is 12.4 Å². The first-order valence-corrected chi connectivity index (χ1v) is 7.29. The zero-order valence-corrected chi connectivity index (χ0v) is 13.8. The number of piperazine rings is 1. The maximum absolute atomic E-state index is 12.2. The molecule has 1 aliphatic heterocycles. The lowest BCUT2D eigenvalue weighted by Gasteiger charge is -2.34. The largest absolute Gasteiger partial charge is 0.493 e. The molecule has 0 unspecified atom stereocenters. The van der Waals surface area contributed by atoms with E-state index in [1.54, 1.807) is 0 Å². The van der Waals surface area contributed by atoms with Crippen molar-refractivity contribution in [1.29, 1.82) is 0 Å². The van der Waals surface area contributed by atoms with E-state index in [1.165, 1.54) is 5.56 Å². The topological polar surface area (TPSA) is 41.6 Å². The number of hydrogen-bond donors (Lipinski definition) is 1. The van der Waals surface area contributed by atoms with Gasteiger partial charge in [-0.3, -0.25) is 4.79 Å². The quantitative estimate of drug-likeness (QED) is 0.927. The van der Waals surface area contributed by atoms with Crippen LogP contribution in [-0.4, -0.2) is 43.1 Å². The summed E-state index contributed by atoms with van der Waals surface area (Å²) in [7, 11) is 0. The van der Waals surface area contributed by atoms with E-state index in [-0.39, 0.29) is 24.4 Å². The van der Waals surface area contributed by atoms with Crippen molar-refractivity contribution in [2.24, 2.45) is 0 Å². The molecule has 1 heterocycles. The van der Waals surface area contributed by atoms with Crippen LogP contribution in [0.2, 0.25) is 0 Å². The standard InChI is InChI=1S/C16H24N2O2.ClH/c1-12-5-4-6-15(14(12)3)20-10-7-16(19)18-9-8-17-11-13(18)2;/h4-6,13,17H,7-11H2,1-3H3;1H/t13-;/m0./s1. The van der Waals surface area contributed by atoms with Crippen molar-refractivity contribution in [3.8, 4) is 5.75 Å². The molecule has 0 bridgehead atoms. The fraction of sp³-hybridized carbons (Fsp3) is 0.562. The van der Waals surface area contributed by atoms with Crippen LogP contribution in [0.15, 0.2) is 18.2 Å². The fourth-order valence-corrected chi connectivity index (χ4v) is 2.48. The van der Waals surface area contributed by atoms with E-state index < -0.39 is 0 Å². The summed E-state index contributed by atoms with van der Waals surface area (Å²) in [5.41, 5.74) is 2.36. The Hall–Kier alpha value is -1.26. The van der Waals surface area contributed by atoms with Crippen molar-refractivity contribution in [3.63, 3.8) is 0 Å². The maximum atomic E-state index is 12.2. The van der Waals surface area contributed by atoms with Crippen LogP contribution in [0.4, 0.5) is 0 Å². The Kier molecular flexibility index (Phi) is 6.99. The van der Waals surface area contributed by atoms with Gasteiger partial charge in [0.1, 0.15) is 5.75 Å². The highest BCUT2D eigenvalue weighted by molar-refractivity contribution is 5.85. The maximum Gasteiger partial charge on any atom is 0.226 e. The van der Waals surface area contributed by atoms with Crippen molar-refractivity contribution >= 4 is 18.3 Å². The first-order chi connectivity index (χ1) is 9.59. The first kappa shape index (κ1) is 17.8. The van der Waals surface area contributed by atoms with Crippen LogP contribution in [0, 0.1) is 13.8 Å². The third-order valence-electron chi connectivity index (χ3n) is 3.95. The molecule has 1 N–H and O–H groups in total. The second-order valence-corrected chi connectivity index (χ2v) is 5.44. The summed E-state index contributed by atoms with van der Waals surface area (Å²) in [6.07, 6.45) is 0.442. The molecule has 1 saturated heterocycles. The number of nitrogens with zero attached hydrogens (tertiary/aromatic N) is 1. The predicted molar refractivity (Wildman–Crippen MR) is 87.3 cm³/mol. The van der Waals surface area contributed by atoms with Crippen LogP contribution in [0.25, 0.3) is 0 Å². The summed E-state index contributed by atoms with van der Waals surface area (Å²) in [5, 5.41) is 3.29. The van der Waals surface area contributed by atoms with Crippen molar-refractivity contribution in [2.45, 2.75) is 33.2 Å². The number of nitrogens with one attached hydrogen (secondary N) is 1. The van der Waals surface area contributed by atoms with Crippen LogP contribution < -0.4 is 10.1 Å². The minimum absolute atomic E-state index is 0. The van der Waals surface area contributed by atoms with E-state index >= 15 is 0 Å². The molecular weight excluding hydrogens is 288 g/mol. The lowest BCUT2D eigenvalue weighted by atomic mass is 10.1. The highest BCUT2D eigenvalue weighted by Gasteiger charge is 2.22. The number of ether oxygens (including phenoxy) is 1. The van der Waals surface area contributed by atoms with Crippen LogP contribution >= 0.6 is 12.4 Å². The normalized spacial score (nSPS) is 18.0. The molecule has 1 aromatic rings. The number of halogens is 1. The summed E-state index contributed by atoms with van der Waals surface area (Å²) in [5.74, 6) is 1.07. The van der Waals surface area contributed by atoms with E-state index in [2.05, 4.69) is 25.2 Å². The van der Waals surface area contributed by atoms with E-state index in [9.17, 15) is 4.79 Å². The lowest BCUT2D eigenvalue weighted by Crippen LogP contribution is -2.52. The van der Waals surface area contributed by atoms with Gasteiger partial charge in [0.15, 0.2) is 0 Å². The molecule has 1 atom stereocenters. The number of aryl methyl sites for hydroxylation is 1. The van der Waals surface area contributed by atoms with Gasteiger partial charge in [-0.1, -0.05) is 12.1 Å². The van der Waals surface area contributed by atoms with Crippen molar-refractivity contribution in [1.82, 2.24) is 10.2 Å². The summed E-state index contributed by atoms with van der Waals surface area (Å²) in [4.78, 5) is 14.1. The summed E-state index contributed by atoms with van der Waals surface area (Å²) in [6.45, 7) is 9.19. The van der Waals surface area contributed by atoms with Crippen LogP contribution in [0.1, 0.15) is 24.5 Å². The smallest absolute Gasteiger partial charge is 0.226 e. The molecule has 21 heavy (non-hydrogen) atoms. The van der Waals surface area contributed by atoms with Gasteiger partial charge in [-0.2, -0.15) is 0 Å². The molecule has 118 valence electrons. The molecule has 1 fully saturated rings. The van der Waals surface area contributed by atoms with Gasteiger partial charge in [-0.25, -0.2) is 0 Å². The Morgan fingerprint density at radius 1 is 1.43 bits per heavy atom. The summed E-state index contributed by atoms with van der Waals surface area (Å²) >= 11 is 0. The van der Waals surface area contributed by atoms with Crippen molar-refractivity contribution in [2.75, 3.05) is 26.2 Å². The Morgan fingerprint density at radius 2 is 2.19 bits per heavy atom. The SMILES string of the molecule is Cc1cccc(OCCC(=O)N2CCNC[C@@H]2C)c1C.Cl. The van der Waals surface area contributed by atoms with E-state index in [1.807, 2.05) is 24.0 Å². The molecule has 1 amide bonds. The van der Waals surface area contributed by atoms with E-state index in [0.717, 1.165) is 30.9 Å². The number of carbonyl (C=O) groups is 1. The minimum Gasteiger partial charge on any atom is -0.493 e. The Bertz CT molecular complexity index is 479. The number of amides is 1. The van der Waals surface area contributed by atoms with Gasteiger partial charge in [0.2, 0.25) is 5.91 Å². The van der Waals surface area contributed by atoms with Gasteiger partial charge >= 0.3 is 0 Å². The predicted octanol–water partition coefficient (Wildman–Crippen LogP) is 2.31. The van der Waals surface area contributed by atoms with Crippen molar-refractivity contribution in [3.05, 3.63) is 29.3 Å². The Balaban J connectivity index is 0.00000220. The van der Waals surface area contributed by atoms with Crippen LogP contribution in [0.5, 0.6) is 5.75 Å². The molecule has 0 radical (unpaired) electrons. The van der Waals surface area contributed by atoms with Gasteiger partial charge < -0.3 is 15.0 Å². The highest BCUT2D eigenvalue weighted by atomic mass is 35.5. The lowest BCUT2D eigenvalue weighted by molar-refractivity contribution is -0.134. The average Bonchev–Trinajstić information content (AvgIpc) is 2.44. The molecule has 1 aliphatic rings. The number of hydrogen-bond acceptors (Lipinski definition) is 3. The minimum atomic E-state index is 0. The molecular formula is C16H25ClN2O2. The second kappa shape index (κ2) is 8.25. The highest BCUT2D eigenvalue weighted by Crippen LogP contribution is 2.20. The second-order valence-electron chi connectivity index (χ2n) is 5.44. The average molecular weight is 313 g/mol. The third kappa shape index (κ3) is 4.61. The molecule has 0 spiro atoms. The first-order valence-electron chi connectivity index (χ1n) is 7.29. The third-order valence-corrected chi connectivity index (χ3v) is 3.95. The van der Waals surface area contributed by atoms with Crippen LogP contribution in [0.3, 0.4) is 0 Å². The van der Waals surface area contributed by atoms with Crippen LogP contribution in [-0.2, 0) is 4.79 Å². The Labute approximate surface area is 133 Å². The number of benzene rings is 1. The molecule has 1 aromatic carbocycles. The van der Waals surface area contributed by atoms with E-state index in [0.29, 0.717) is 13.0 Å². The molecule has 0 aliphatic carbocycles. The number of rotatable bonds is 4.